The van der Waals surface area contributed by atoms with Crippen LogP contribution < -0.4 is 9.47 Å². The van der Waals surface area contributed by atoms with Crippen LogP contribution in [-0.4, -0.2) is 42.6 Å². The van der Waals surface area contributed by atoms with E-state index in [0.29, 0.717) is 36.8 Å². The van der Waals surface area contributed by atoms with Gasteiger partial charge in [0.1, 0.15) is 13.2 Å². The number of ether oxygens (including phenoxy) is 2. The lowest BCUT2D eigenvalue weighted by atomic mass is 10.1. The van der Waals surface area contributed by atoms with Gasteiger partial charge in [0.05, 0.1) is 0 Å². The number of hydrogen-bond donors (Lipinski definition) is 0. The topological polar surface area (TPSA) is 51.7 Å². The maximum absolute atomic E-state index is 12.5. The zero-order chi connectivity index (χ0) is 15.4. The van der Waals surface area contributed by atoms with E-state index in [2.05, 4.69) is 4.98 Å². The predicted molar refractivity (Wildman–Crippen MR) is 82.3 cm³/mol. The molecule has 2 aromatic rings. The van der Waals surface area contributed by atoms with E-state index in [0.717, 1.165) is 12.1 Å². The summed E-state index contributed by atoms with van der Waals surface area (Å²) in [4.78, 5) is 18.4. The molecular formula is C17H18N2O3. The molecular weight excluding hydrogens is 280 g/mol. The SMILES string of the molecule is CN(CCc1ccccn1)C(=O)c1ccc2c(c1)OCCO2. The number of carbonyl (C=O) groups is 1. The zero-order valence-electron chi connectivity index (χ0n) is 12.5. The van der Waals surface area contributed by atoms with Crippen molar-refractivity contribution in [1.82, 2.24) is 9.88 Å². The third-order valence-corrected chi connectivity index (χ3v) is 3.57. The van der Waals surface area contributed by atoms with Gasteiger partial charge >= 0.3 is 0 Å². The minimum Gasteiger partial charge on any atom is -0.486 e. The first kappa shape index (κ1) is 14.4. The highest BCUT2D eigenvalue weighted by Crippen LogP contribution is 2.31. The Kier molecular flexibility index (Phi) is 4.23. The maximum atomic E-state index is 12.5. The highest BCUT2D eigenvalue weighted by Gasteiger charge is 2.17. The van der Waals surface area contributed by atoms with Crippen molar-refractivity contribution in [2.45, 2.75) is 6.42 Å². The van der Waals surface area contributed by atoms with E-state index in [9.17, 15) is 4.79 Å². The number of likely N-dealkylation sites (N-methyl/N-ethyl adjacent to an activating group) is 1. The quantitative estimate of drug-likeness (QED) is 0.868. The molecule has 3 rings (SSSR count). The molecule has 0 N–H and O–H groups in total. The molecule has 5 nitrogen and oxygen atoms in total. The molecule has 0 spiro atoms. The molecule has 0 saturated carbocycles. The van der Waals surface area contributed by atoms with Crippen molar-refractivity contribution in [2.24, 2.45) is 0 Å². The van der Waals surface area contributed by atoms with Crippen molar-refractivity contribution in [3.05, 3.63) is 53.9 Å². The first-order valence-corrected chi connectivity index (χ1v) is 7.29. The lowest BCUT2D eigenvalue weighted by Crippen LogP contribution is -2.29. The van der Waals surface area contributed by atoms with Gasteiger partial charge in [0.25, 0.3) is 5.91 Å². The molecule has 1 aromatic carbocycles. The number of fused-ring (bicyclic) bond motifs is 1. The van der Waals surface area contributed by atoms with E-state index in [-0.39, 0.29) is 5.91 Å². The average Bonchev–Trinajstić information content (AvgIpc) is 2.59. The fourth-order valence-corrected chi connectivity index (χ4v) is 2.33. The molecule has 22 heavy (non-hydrogen) atoms. The van der Waals surface area contributed by atoms with Crippen molar-refractivity contribution < 1.29 is 14.3 Å². The summed E-state index contributed by atoms with van der Waals surface area (Å²) in [5, 5.41) is 0. The molecule has 2 heterocycles. The summed E-state index contributed by atoms with van der Waals surface area (Å²) in [7, 11) is 1.79. The molecule has 0 saturated heterocycles. The first-order valence-electron chi connectivity index (χ1n) is 7.29. The highest BCUT2D eigenvalue weighted by atomic mass is 16.6. The number of nitrogens with zero attached hydrogens (tertiary/aromatic N) is 2. The molecule has 0 unspecified atom stereocenters. The number of pyridine rings is 1. The average molecular weight is 298 g/mol. The largest absolute Gasteiger partial charge is 0.486 e. The van der Waals surface area contributed by atoms with Crippen LogP contribution in [0, 0.1) is 0 Å². The normalized spacial score (nSPS) is 12.8. The molecule has 5 heteroatoms. The Balaban J connectivity index is 1.65. The maximum Gasteiger partial charge on any atom is 0.253 e. The number of rotatable bonds is 4. The molecule has 0 radical (unpaired) electrons. The molecule has 0 aliphatic carbocycles. The van der Waals surface area contributed by atoms with Gasteiger partial charge < -0.3 is 14.4 Å². The summed E-state index contributed by atoms with van der Waals surface area (Å²) in [5.74, 6) is 1.29. The van der Waals surface area contributed by atoms with Crippen LogP contribution in [-0.2, 0) is 6.42 Å². The molecule has 1 aliphatic heterocycles. The monoisotopic (exact) mass is 298 g/mol. The second kappa shape index (κ2) is 6.47. The first-order chi connectivity index (χ1) is 10.7. The molecule has 0 atom stereocenters. The van der Waals surface area contributed by atoms with E-state index >= 15 is 0 Å². The Morgan fingerprint density at radius 3 is 2.77 bits per heavy atom. The zero-order valence-corrected chi connectivity index (χ0v) is 12.5. The van der Waals surface area contributed by atoms with Crippen molar-refractivity contribution >= 4 is 5.91 Å². The van der Waals surface area contributed by atoms with Crippen LogP contribution in [0.1, 0.15) is 16.1 Å². The van der Waals surface area contributed by atoms with Crippen LogP contribution >= 0.6 is 0 Å². The van der Waals surface area contributed by atoms with Crippen LogP contribution in [0.25, 0.3) is 0 Å². The third-order valence-electron chi connectivity index (χ3n) is 3.57. The molecule has 114 valence electrons. The highest BCUT2D eigenvalue weighted by molar-refractivity contribution is 5.94. The Hall–Kier alpha value is -2.56. The molecule has 1 aromatic heterocycles. The van der Waals surface area contributed by atoms with E-state index in [1.807, 2.05) is 18.2 Å². The van der Waals surface area contributed by atoms with Gasteiger partial charge in [-0.15, -0.1) is 0 Å². The smallest absolute Gasteiger partial charge is 0.253 e. The Morgan fingerprint density at radius 2 is 2.00 bits per heavy atom. The summed E-state index contributed by atoms with van der Waals surface area (Å²) in [5.41, 5.74) is 1.58. The number of hydrogen-bond acceptors (Lipinski definition) is 4. The number of aromatic nitrogens is 1. The summed E-state index contributed by atoms with van der Waals surface area (Å²) in [6.07, 6.45) is 2.49. The molecule has 0 bridgehead atoms. The van der Waals surface area contributed by atoms with E-state index in [1.165, 1.54) is 0 Å². The summed E-state index contributed by atoms with van der Waals surface area (Å²) < 4.78 is 11.0. The second-order valence-corrected chi connectivity index (χ2v) is 5.16. The van der Waals surface area contributed by atoms with Crippen molar-refractivity contribution in [3.8, 4) is 11.5 Å². The van der Waals surface area contributed by atoms with E-state index in [1.54, 1.807) is 36.3 Å². The fourth-order valence-electron chi connectivity index (χ4n) is 2.33. The Bertz CT molecular complexity index is 658. The van der Waals surface area contributed by atoms with Gasteiger partial charge in [-0.05, 0) is 30.3 Å². The van der Waals surface area contributed by atoms with Crippen LogP contribution in [0.3, 0.4) is 0 Å². The van der Waals surface area contributed by atoms with Gasteiger partial charge in [0, 0.05) is 37.5 Å². The van der Waals surface area contributed by atoms with Gasteiger partial charge in [0.2, 0.25) is 0 Å². The van der Waals surface area contributed by atoms with Crippen molar-refractivity contribution in [1.29, 1.82) is 0 Å². The van der Waals surface area contributed by atoms with Gasteiger partial charge in [-0.1, -0.05) is 6.07 Å². The Labute approximate surface area is 129 Å². The molecule has 1 amide bonds. The fraction of sp³-hybridized carbons (Fsp3) is 0.294. The van der Waals surface area contributed by atoms with Gasteiger partial charge in [-0.2, -0.15) is 0 Å². The standard InChI is InChI=1S/C17H18N2O3/c1-19(9-7-14-4-2-3-8-18-14)17(20)13-5-6-15-16(12-13)22-11-10-21-15/h2-6,8,12H,7,9-11H2,1H3. The Morgan fingerprint density at radius 1 is 1.18 bits per heavy atom. The molecule has 1 aliphatic rings. The number of benzene rings is 1. The van der Waals surface area contributed by atoms with Crippen LogP contribution in [0.5, 0.6) is 11.5 Å². The van der Waals surface area contributed by atoms with E-state index in [4.69, 9.17) is 9.47 Å². The second-order valence-electron chi connectivity index (χ2n) is 5.16. The van der Waals surface area contributed by atoms with Crippen LogP contribution in [0.2, 0.25) is 0 Å². The minimum atomic E-state index is -0.0343. The van der Waals surface area contributed by atoms with Gasteiger partial charge in [-0.25, -0.2) is 0 Å². The van der Waals surface area contributed by atoms with Crippen molar-refractivity contribution in [3.63, 3.8) is 0 Å². The number of amides is 1. The van der Waals surface area contributed by atoms with Gasteiger partial charge in [-0.3, -0.25) is 9.78 Å². The lowest BCUT2D eigenvalue weighted by molar-refractivity contribution is 0.0795. The summed E-state index contributed by atoms with van der Waals surface area (Å²) in [6.45, 7) is 1.68. The van der Waals surface area contributed by atoms with Crippen LogP contribution in [0.4, 0.5) is 0 Å². The molecule has 0 fully saturated rings. The van der Waals surface area contributed by atoms with Crippen LogP contribution in [0.15, 0.2) is 42.6 Å². The van der Waals surface area contributed by atoms with Gasteiger partial charge in [0.15, 0.2) is 11.5 Å². The summed E-state index contributed by atoms with van der Waals surface area (Å²) in [6, 6.07) is 11.1. The third kappa shape index (κ3) is 3.19. The summed E-state index contributed by atoms with van der Waals surface area (Å²) >= 11 is 0. The van der Waals surface area contributed by atoms with E-state index < -0.39 is 0 Å². The van der Waals surface area contributed by atoms with Crippen molar-refractivity contribution in [2.75, 3.05) is 26.8 Å². The lowest BCUT2D eigenvalue weighted by Gasteiger charge is -2.21. The predicted octanol–water partition coefficient (Wildman–Crippen LogP) is 2.17. The minimum absolute atomic E-state index is 0.0343. The number of carbonyl (C=O) groups excluding carboxylic acids is 1.